The fourth-order valence-electron chi connectivity index (χ4n) is 3.58. The molecule has 2 aromatic carbocycles. The highest BCUT2D eigenvalue weighted by molar-refractivity contribution is 5.44. The van der Waals surface area contributed by atoms with Crippen molar-refractivity contribution in [2.45, 2.75) is 32.9 Å². The summed E-state index contributed by atoms with van der Waals surface area (Å²) in [6, 6.07) is 17.5. The summed E-state index contributed by atoms with van der Waals surface area (Å²) in [4.78, 5) is 2.17. The molecule has 0 saturated carbocycles. The summed E-state index contributed by atoms with van der Waals surface area (Å²) in [6.07, 6.45) is 0.313. The van der Waals surface area contributed by atoms with Crippen LogP contribution in [0.2, 0.25) is 0 Å². The number of rotatable bonds is 12. The molecule has 0 radical (unpaired) electrons. The molecule has 3 rings (SSSR count). The second-order valence-corrected chi connectivity index (χ2v) is 7.69. The van der Waals surface area contributed by atoms with Crippen LogP contribution < -0.4 is 9.47 Å². The topological polar surface area (TPSA) is 69.0 Å². The van der Waals surface area contributed by atoms with Gasteiger partial charge in [-0.3, -0.25) is 4.90 Å². The van der Waals surface area contributed by atoms with Crippen molar-refractivity contribution in [1.82, 2.24) is 14.7 Å². The number of para-hydroxylation sites is 1. The highest BCUT2D eigenvalue weighted by atomic mass is 16.5. The Bertz CT molecular complexity index is 955. The number of aliphatic hydroxyl groups excluding tert-OH is 1. The lowest BCUT2D eigenvalue weighted by molar-refractivity contribution is 0.0934. The number of nitrogens with zero attached hydrogens (tertiary/aromatic N) is 3. The zero-order chi connectivity index (χ0) is 22.9. The highest BCUT2D eigenvalue weighted by Gasteiger charge is 2.23. The summed E-state index contributed by atoms with van der Waals surface area (Å²) in [5, 5.41) is 14.9. The molecule has 0 amide bonds. The van der Waals surface area contributed by atoms with E-state index in [1.165, 1.54) is 0 Å². The molecule has 1 N–H and O–H groups in total. The Balaban J connectivity index is 2.03. The third kappa shape index (κ3) is 6.09. The number of hydrogen-bond acceptors (Lipinski definition) is 6. The molecule has 0 aliphatic rings. The minimum atomic E-state index is -0.452. The van der Waals surface area contributed by atoms with E-state index in [-0.39, 0.29) is 0 Å². The number of aliphatic hydroxyl groups is 1. The average molecular weight is 440 g/mol. The van der Waals surface area contributed by atoms with Crippen molar-refractivity contribution in [3.8, 4) is 23.1 Å². The van der Waals surface area contributed by atoms with E-state index < -0.39 is 6.10 Å². The summed E-state index contributed by atoms with van der Waals surface area (Å²) in [7, 11) is 3.33. The predicted octanol–water partition coefficient (Wildman–Crippen LogP) is 4.06. The van der Waals surface area contributed by atoms with Crippen molar-refractivity contribution in [1.29, 1.82) is 0 Å². The van der Waals surface area contributed by atoms with Gasteiger partial charge in [0.05, 0.1) is 36.8 Å². The smallest absolute Gasteiger partial charge is 0.227 e. The molecule has 1 aromatic heterocycles. The first-order valence-corrected chi connectivity index (χ1v) is 10.9. The molecule has 1 heterocycles. The van der Waals surface area contributed by atoms with Gasteiger partial charge in [0.2, 0.25) is 5.88 Å². The first-order chi connectivity index (χ1) is 15.5. The van der Waals surface area contributed by atoms with Gasteiger partial charge in [0, 0.05) is 26.7 Å². The van der Waals surface area contributed by atoms with Crippen LogP contribution in [0.4, 0.5) is 0 Å². The third-order valence-corrected chi connectivity index (χ3v) is 5.14. The summed E-state index contributed by atoms with van der Waals surface area (Å²) in [5.74, 6) is 2.14. The summed E-state index contributed by atoms with van der Waals surface area (Å²) >= 11 is 0. The summed E-state index contributed by atoms with van der Waals surface area (Å²) in [5.41, 5.74) is 2.89. The van der Waals surface area contributed by atoms with Crippen LogP contribution in [0, 0.1) is 0 Å². The van der Waals surface area contributed by atoms with Crippen molar-refractivity contribution in [3.05, 3.63) is 65.9 Å². The molecule has 0 aliphatic heterocycles. The van der Waals surface area contributed by atoms with Gasteiger partial charge in [-0.1, -0.05) is 25.1 Å². The van der Waals surface area contributed by atoms with Gasteiger partial charge in [-0.25, -0.2) is 4.68 Å². The molecule has 7 heteroatoms. The van der Waals surface area contributed by atoms with Crippen LogP contribution in [0.1, 0.15) is 25.1 Å². The minimum absolute atomic E-state index is 0.452. The Hall–Kier alpha value is -2.87. The van der Waals surface area contributed by atoms with E-state index in [9.17, 15) is 5.11 Å². The van der Waals surface area contributed by atoms with Gasteiger partial charge in [-0.2, -0.15) is 5.10 Å². The van der Waals surface area contributed by atoms with Gasteiger partial charge in [0.25, 0.3) is 0 Å². The zero-order valence-electron chi connectivity index (χ0n) is 19.3. The van der Waals surface area contributed by atoms with Gasteiger partial charge in [0.1, 0.15) is 11.5 Å². The van der Waals surface area contributed by atoms with E-state index in [4.69, 9.17) is 19.3 Å². The molecule has 3 aromatic rings. The fraction of sp³-hybridized carbons (Fsp3) is 0.400. The molecular formula is C25H33N3O4. The Morgan fingerprint density at radius 3 is 2.31 bits per heavy atom. The van der Waals surface area contributed by atoms with Gasteiger partial charge in [0.15, 0.2) is 0 Å². The lowest BCUT2D eigenvalue weighted by Crippen LogP contribution is -2.33. The molecule has 0 saturated heterocycles. The third-order valence-electron chi connectivity index (χ3n) is 5.14. The standard InChI is InChI=1S/C25H33N3O4/c1-5-24-23(18-27(15-16-30-3)17-19(2)29)25(28(26-24)20-9-7-6-8-10-20)32-22-13-11-21(31-4)12-14-22/h6-14,19,29H,5,15-18H2,1-4H3. The molecule has 1 atom stereocenters. The monoisotopic (exact) mass is 439 g/mol. The Kier molecular flexibility index (Phi) is 8.67. The maximum atomic E-state index is 10.0. The SMILES string of the molecule is CCc1nn(-c2ccccc2)c(Oc2ccc(OC)cc2)c1CN(CCOC)CC(C)O. The lowest BCUT2D eigenvalue weighted by atomic mass is 10.1. The van der Waals surface area contributed by atoms with Crippen LogP contribution >= 0.6 is 0 Å². The van der Waals surface area contributed by atoms with E-state index in [1.54, 1.807) is 21.1 Å². The Morgan fingerprint density at radius 2 is 1.72 bits per heavy atom. The maximum Gasteiger partial charge on any atom is 0.227 e. The maximum absolute atomic E-state index is 10.0. The minimum Gasteiger partial charge on any atom is -0.497 e. The van der Waals surface area contributed by atoms with Crippen molar-refractivity contribution in [3.63, 3.8) is 0 Å². The number of benzene rings is 2. The largest absolute Gasteiger partial charge is 0.497 e. The predicted molar refractivity (Wildman–Crippen MR) is 125 cm³/mol. The molecule has 172 valence electrons. The van der Waals surface area contributed by atoms with E-state index >= 15 is 0 Å². The molecule has 1 unspecified atom stereocenters. The molecule has 0 aliphatic carbocycles. The van der Waals surface area contributed by atoms with Gasteiger partial charge in [-0.15, -0.1) is 0 Å². The van der Waals surface area contributed by atoms with Crippen molar-refractivity contribution >= 4 is 0 Å². The van der Waals surface area contributed by atoms with Crippen molar-refractivity contribution < 1.29 is 19.3 Å². The Morgan fingerprint density at radius 1 is 1.03 bits per heavy atom. The van der Waals surface area contributed by atoms with Crippen LogP contribution in [0.3, 0.4) is 0 Å². The fourth-order valence-corrected chi connectivity index (χ4v) is 3.58. The average Bonchev–Trinajstić information content (AvgIpc) is 3.15. The number of ether oxygens (including phenoxy) is 3. The molecule has 32 heavy (non-hydrogen) atoms. The van der Waals surface area contributed by atoms with Crippen LogP contribution in [0.15, 0.2) is 54.6 Å². The molecule has 0 spiro atoms. The second-order valence-electron chi connectivity index (χ2n) is 7.69. The van der Waals surface area contributed by atoms with E-state index in [0.717, 1.165) is 29.1 Å². The first kappa shape index (κ1) is 23.8. The van der Waals surface area contributed by atoms with Crippen LogP contribution in [0.5, 0.6) is 17.4 Å². The number of methoxy groups -OCH3 is 2. The van der Waals surface area contributed by atoms with Crippen molar-refractivity contribution in [2.75, 3.05) is 33.9 Å². The van der Waals surface area contributed by atoms with Gasteiger partial charge >= 0.3 is 0 Å². The first-order valence-electron chi connectivity index (χ1n) is 10.9. The number of aromatic nitrogens is 2. The van der Waals surface area contributed by atoms with Crippen LogP contribution in [0.25, 0.3) is 5.69 Å². The lowest BCUT2D eigenvalue weighted by Gasteiger charge is -2.24. The quantitative estimate of drug-likeness (QED) is 0.459. The molecular weight excluding hydrogens is 406 g/mol. The van der Waals surface area contributed by atoms with E-state index in [1.807, 2.05) is 59.3 Å². The number of hydrogen-bond donors (Lipinski definition) is 1. The summed E-state index contributed by atoms with van der Waals surface area (Å²) in [6.45, 7) is 6.29. The van der Waals surface area contributed by atoms with Crippen LogP contribution in [-0.2, 0) is 17.7 Å². The molecule has 7 nitrogen and oxygen atoms in total. The second kappa shape index (κ2) is 11.7. The highest BCUT2D eigenvalue weighted by Crippen LogP contribution is 2.33. The van der Waals surface area contributed by atoms with Crippen LogP contribution in [-0.4, -0.2) is 59.8 Å². The van der Waals surface area contributed by atoms with Gasteiger partial charge < -0.3 is 19.3 Å². The molecule has 0 bridgehead atoms. The zero-order valence-corrected chi connectivity index (χ0v) is 19.3. The van der Waals surface area contributed by atoms with E-state index in [2.05, 4.69) is 11.8 Å². The van der Waals surface area contributed by atoms with Crippen molar-refractivity contribution in [2.24, 2.45) is 0 Å². The van der Waals surface area contributed by atoms with Gasteiger partial charge in [-0.05, 0) is 49.7 Å². The Labute approximate surface area is 190 Å². The molecule has 0 fully saturated rings. The summed E-state index contributed by atoms with van der Waals surface area (Å²) < 4.78 is 18.8. The normalized spacial score (nSPS) is 12.2. The number of aryl methyl sites for hydroxylation is 1. The van der Waals surface area contributed by atoms with E-state index in [0.29, 0.717) is 37.9 Å².